The molecule has 0 fully saturated rings. The Labute approximate surface area is 112 Å². The SMILES string of the molecule is CC(C)C(=O)Nc1sc(-c2cncc(F)c2)nc1F. The van der Waals surface area contributed by atoms with Crippen LogP contribution < -0.4 is 5.32 Å². The number of carbonyl (C=O) groups is 1. The molecule has 0 saturated carbocycles. The lowest BCUT2D eigenvalue weighted by Crippen LogP contribution is -2.17. The molecule has 0 aliphatic rings. The van der Waals surface area contributed by atoms with Gasteiger partial charge in [0.25, 0.3) is 0 Å². The molecular weight excluding hydrogens is 272 g/mol. The maximum atomic E-state index is 13.6. The van der Waals surface area contributed by atoms with E-state index in [0.29, 0.717) is 5.56 Å². The third kappa shape index (κ3) is 3.11. The molecule has 7 heteroatoms. The average molecular weight is 283 g/mol. The first-order valence-electron chi connectivity index (χ1n) is 5.55. The van der Waals surface area contributed by atoms with E-state index in [1.165, 1.54) is 12.3 Å². The molecule has 2 aromatic rings. The van der Waals surface area contributed by atoms with Crippen LogP contribution in [0.25, 0.3) is 10.6 Å². The van der Waals surface area contributed by atoms with E-state index in [4.69, 9.17) is 0 Å². The van der Waals surface area contributed by atoms with E-state index >= 15 is 0 Å². The summed E-state index contributed by atoms with van der Waals surface area (Å²) in [6, 6.07) is 1.21. The molecule has 2 rings (SSSR count). The van der Waals surface area contributed by atoms with Crippen molar-refractivity contribution in [3.63, 3.8) is 0 Å². The van der Waals surface area contributed by atoms with Gasteiger partial charge in [0.05, 0.1) is 6.20 Å². The van der Waals surface area contributed by atoms with Crippen molar-refractivity contribution in [3.8, 4) is 10.6 Å². The monoisotopic (exact) mass is 283 g/mol. The number of anilines is 1. The van der Waals surface area contributed by atoms with Gasteiger partial charge in [-0.1, -0.05) is 25.2 Å². The van der Waals surface area contributed by atoms with Gasteiger partial charge in [0.15, 0.2) is 5.00 Å². The number of hydrogen-bond donors (Lipinski definition) is 1. The minimum atomic E-state index is -0.779. The highest BCUT2D eigenvalue weighted by atomic mass is 32.1. The second-order valence-corrected chi connectivity index (χ2v) is 5.17. The van der Waals surface area contributed by atoms with E-state index in [1.807, 2.05) is 0 Å². The Hall–Kier alpha value is -1.89. The molecule has 0 aromatic carbocycles. The highest BCUT2D eigenvalue weighted by Gasteiger charge is 2.16. The van der Waals surface area contributed by atoms with Crippen LogP contribution in [0.2, 0.25) is 0 Å². The van der Waals surface area contributed by atoms with Crippen LogP contribution in [-0.4, -0.2) is 15.9 Å². The quantitative estimate of drug-likeness (QED) is 0.941. The number of halogens is 2. The van der Waals surface area contributed by atoms with Gasteiger partial charge >= 0.3 is 0 Å². The highest BCUT2D eigenvalue weighted by molar-refractivity contribution is 7.19. The number of aromatic nitrogens is 2. The summed E-state index contributed by atoms with van der Waals surface area (Å²) in [6.45, 7) is 3.40. The van der Waals surface area contributed by atoms with Gasteiger partial charge in [-0.05, 0) is 6.07 Å². The average Bonchev–Trinajstić information content (AvgIpc) is 2.71. The largest absolute Gasteiger partial charge is 0.314 e. The van der Waals surface area contributed by atoms with Crippen molar-refractivity contribution in [2.75, 3.05) is 5.32 Å². The van der Waals surface area contributed by atoms with Gasteiger partial charge in [-0.2, -0.15) is 4.39 Å². The topological polar surface area (TPSA) is 54.9 Å². The lowest BCUT2D eigenvalue weighted by atomic mass is 10.2. The van der Waals surface area contributed by atoms with E-state index in [1.54, 1.807) is 13.8 Å². The highest BCUT2D eigenvalue weighted by Crippen LogP contribution is 2.31. The van der Waals surface area contributed by atoms with Crippen molar-refractivity contribution in [1.82, 2.24) is 9.97 Å². The normalized spacial score (nSPS) is 10.8. The summed E-state index contributed by atoms with van der Waals surface area (Å²) in [5.74, 6) is -1.87. The van der Waals surface area contributed by atoms with Gasteiger partial charge in [0.2, 0.25) is 11.9 Å². The minimum Gasteiger partial charge on any atom is -0.314 e. The zero-order chi connectivity index (χ0) is 14.0. The van der Waals surface area contributed by atoms with Crippen LogP contribution in [0.15, 0.2) is 18.5 Å². The number of hydrogen-bond acceptors (Lipinski definition) is 4. The zero-order valence-electron chi connectivity index (χ0n) is 10.3. The van der Waals surface area contributed by atoms with E-state index in [-0.39, 0.29) is 21.8 Å². The van der Waals surface area contributed by atoms with Gasteiger partial charge in [0, 0.05) is 17.7 Å². The Morgan fingerprint density at radius 2 is 2.11 bits per heavy atom. The first-order valence-corrected chi connectivity index (χ1v) is 6.37. The van der Waals surface area contributed by atoms with Crippen LogP contribution in [0.5, 0.6) is 0 Å². The van der Waals surface area contributed by atoms with Crippen LogP contribution in [0.1, 0.15) is 13.8 Å². The Morgan fingerprint density at radius 1 is 1.37 bits per heavy atom. The first kappa shape index (κ1) is 13.5. The Bertz CT molecular complexity index is 613. The third-order valence-corrected chi connectivity index (χ3v) is 3.29. The fourth-order valence-electron chi connectivity index (χ4n) is 1.29. The Morgan fingerprint density at radius 3 is 2.74 bits per heavy atom. The fraction of sp³-hybridized carbons (Fsp3) is 0.250. The Balaban J connectivity index is 2.28. The number of carbonyl (C=O) groups excluding carboxylic acids is 1. The van der Waals surface area contributed by atoms with Crippen LogP contribution in [0, 0.1) is 17.7 Å². The van der Waals surface area contributed by atoms with Gasteiger partial charge < -0.3 is 5.32 Å². The molecule has 0 saturated heterocycles. The first-order chi connectivity index (χ1) is 8.97. The molecule has 100 valence electrons. The maximum absolute atomic E-state index is 13.6. The second-order valence-electron chi connectivity index (χ2n) is 4.17. The summed E-state index contributed by atoms with van der Waals surface area (Å²) in [5, 5.41) is 2.74. The van der Waals surface area contributed by atoms with E-state index in [2.05, 4.69) is 15.3 Å². The van der Waals surface area contributed by atoms with Crippen molar-refractivity contribution in [1.29, 1.82) is 0 Å². The molecule has 2 aromatic heterocycles. The molecule has 4 nitrogen and oxygen atoms in total. The number of thiazole rings is 1. The minimum absolute atomic E-state index is 0.0259. The van der Waals surface area contributed by atoms with Crippen LogP contribution in [0.3, 0.4) is 0 Å². The lowest BCUT2D eigenvalue weighted by Gasteiger charge is -2.03. The van der Waals surface area contributed by atoms with Gasteiger partial charge in [-0.3, -0.25) is 9.78 Å². The van der Waals surface area contributed by atoms with Crippen molar-refractivity contribution in [2.45, 2.75) is 13.8 Å². The maximum Gasteiger partial charge on any atom is 0.248 e. The summed E-state index contributed by atoms with van der Waals surface area (Å²) in [6.07, 6.45) is 2.43. The van der Waals surface area contributed by atoms with Crippen LogP contribution in [0.4, 0.5) is 13.8 Å². The van der Waals surface area contributed by atoms with Crippen LogP contribution >= 0.6 is 11.3 Å². The van der Waals surface area contributed by atoms with E-state index in [9.17, 15) is 13.6 Å². The predicted molar refractivity (Wildman–Crippen MR) is 68.7 cm³/mol. The van der Waals surface area contributed by atoms with Crippen LogP contribution in [-0.2, 0) is 4.79 Å². The van der Waals surface area contributed by atoms with Crippen molar-refractivity contribution in [2.24, 2.45) is 5.92 Å². The van der Waals surface area contributed by atoms with Gasteiger partial charge in [-0.15, -0.1) is 0 Å². The summed E-state index contributed by atoms with van der Waals surface area (Å²) >= 11 is 0.942. The molecule has 0 spiro atoms. The summed E-state index contributed by atoms with van der Waals surface area (Å²) in [7, 11) is 0. The summed E-state index contributed by atoms with van der Waals surface area (Å²) in [5.41, 5.74) is 0.369. The second kappa shape index (κ2) is 5.40. The van der Waals surface area contributed by atoms with Gasteiger partial charge in [0.1, 0.15) is 10.8 Å². The number of rotatable bonds is 3. The molecular formula is C12H11F2N3OS. The predicted octanol–water partition coefficient (Wildman–Crippen LogP) is 3.08. The third-order valence-electron chi connectivity index (χ3n) is 2.30. The summed E-state index contributed by atoms with van der Waals surface area (Å²) < 4.78 is 26.6. The number of pyridine rings is 1. The molecule has 0 unspecified atom stereocenters. The number of nitrogens with zero attached hydrogens (tertiary/aromatic N) is 2. The van der Waals surface area contributed by atoms with Gasteiger partial charge in [-0.25, -0.2) is 9.37 Å². The zero-order valence-corrected chi connectivity index (χ0v) is 11.1. The molecule has 0 aliphatic heterocycles. The van der Waals surface area contributed by atoms with E-state index in [0.717, 1.165) is 17.5 Å². The van der Waals surface area contributed by atoms with Crippen molar-refractivity contribution >= 4 is 22.2 Å². The molecule has 0 bridgehead atoms. The fourth-order valence-corrected chi connectivity index (χ4v) is 2.12. The molecule has 0 aliphatic carbocycles. The molecule has 19 heavy (non-hydrogen) atoms. The smallest absolute Gasteiger partial charge is 0.248 e. The molecule has 2 heterocycles. The Kier molecular flexibility index (Phi) is 3.84. The summed E-state index contributed by atoms with van der Waals surface area (Å²) in [4.78, 5) is 18.8. The van der Waals surface area contributed by atoms with Crippen molar-refractivity contribution in [3.05, 3.63) is 30.2 Å². The van der Waals surface area contributed by atoms with Crippen molar-refractivity contribution < 1.29 is 13.6 Å². The lowest BCUT2D eigenvalue weighted by molar-refractivity contribution is -0.118. The number of nitrogens with one attached hydrogen (secondary N) is 1. The van der Waals surface area contributed by atoms with E-state index < -0.39 is 11.8 Å². The molecule has 1 amide bonds. The standard InChI is InChI=1S/C12H11F2N3OS/c1-6(2)10(18)17-12-9(14)16-11(19-12)7-3-8(13)5-15-4-7/h3-6H,1-2H3,(H,17,18). The number of amides is 1. The molecule has 0 atom stereocenters. The molecule has 1 N–H and O–H groups in total. The molecule has 0 radical (unpaired) electrons.